The fourth-order valence-electron chi connectivity index (χ4n) is 2.97. The van der Waals surface area contributed by atoms with E-state index in [1.165, 1.54) is 4.31 Å². The maximum atomic E-state index is 12.8. The van der Waals surface area contributed by atoms with Crippen LogP contribution in [0.25, 0.3) is 0 Å². The van der Waals surface area contributed by atoms with Gasteiger partial charge in [-0.1, -0.05) is 37.3 Å². The smallest absolute Gasteiger partial charge is 0.282 e. The summed E-state index contributed by atoms with van der Waals surface area (Å²) in [6, 6.07) is 9.74. The second kappa shape index (κ2) is 7.55. The summed E-state index contributed by atoms with van der Waals surface area (Å²) in [7, 11) is 0.375. The third-order valence-electron chi connectivity index (χ3n) is 4.28. The Morgan fingerprint density at radius 3 is 2.50 bits per heavy atom. The van der Waals surface area contributed by atoms with Crippen molar-refractivity contribution in [3.63, 3.8) is 0 Å². The van der Waals surface area contributed by atoms with Crippen molar-refractivity contribution < 1.29 is 8.42 Å². The van der Waals surface area contributed by atoms with E-state index in [2.05, 4.69) is 11.9 Å². The first-order valence-electron chi connectivity index (χ1n) is 7.87. The summed E-state index contributed by atoms with van der Waals surface area (Å²) < 4.78 is 28.6. The number of benzene rings is 1. The fourth-order valence-corrected chi connectivity index (χ4v) is 4.41. The molecule has 0 bridgehead atoms. The molecule has 0 unspecified atom stereocenters. The van der Waals surface area contributed by atoms with E-state index in [1.54, 1.807) is 11.4 Å². The van der Waals surface area contributed by atoms with Crippen molar-refractivity contribution >= 4 is 10.2 Å². The Morgan fingerprint density at radius 2 is 1.95 bits per heavy atom. The average Bonchev–Trinajstić information content (AvgIpc) is 2.90. The first kappa shape index (κ1) is 17.4. The normalized spacial score (nSPS) is 20.1. The second-order valence-corrected chi connectivity index (χ2v) is 8.15. The van der Waals surface area contributed by atoms with Gasteiger partial charge in [-0.05, 0) is 31.5 Å². The quantitative estimate of drug-likeness (QED) is 0.765. The SMILES string of the molecule is CCN(Cc1ccccc1)S(=O)(=O)N(C)C[C@H]1CCN(C)C1. The molecule has 1 heterocycles. The van der Waals surface area contributed by atoms with Crippen LogP contribution in [0.15, 0.2) is 30.3 Å². The number of hydrogen-bond donors (Lipinski definition) is 0. The van der Waals surface area contributed by atoms with E-state index in [0.717, 1.165) is 25.1 Å². The second-order valence-electron chi connectivity index (χ2n) is 6.12. The molecule has 0 radical (unpaired) electrons. The van der Waals surface area contributed by atoms with Gasteiger partial charge in [-0.15, -0.1) is 0 Å². The largest absolute Gasteiger partial charge is 0.306 e. The van der Waals surface area contributed by atoms with Crippen LogP contribution in [0.1, 0.15) is 18.9 Å². The van der Waals surface area contributed by atoms with Crippen molar-refractivity contribution in [3.05, 3.63) is 35.9 Å². The molecular weight excluding hydrogens is 298 g/mol. The van der Waals surface area contributed by atoms with Crippen molar-refractivity contribution in [2.45, 2.75) is 19.9 Å². The Bertz CT molecular complexity index is 562. The Hall–Kier alpha value is -0.950. The molecule has 0 saturated carbocycles. The molecule has 0 aliphatic carbocycles. The summed E-state index contributed by atoms with van der Waals surface area (Å²) >= 11 is 0. The van der Waals surface area contributed by atoms with Gasteiger partial charge in [0, 0.05) is 33.2 Å². The summed E-state index contributed by atoms with van der Waals surface area (Å²) in [6.45, 7) is 5.42. The lowest BCUT2D eigenvalue weighted by Gasteiger charge is -2.28. The molecule has 0 spiro atoms. The zero-order chi connectivity index (χ0) is 16.2. The first-order valence-corrected chi connectivity index (χ1v) is 9.27. The van der Waals surface area contributed by atoms with Crippen LogP contribution in [-0.4, -0.2) is 62.2 Å². The molecule has 5 nitrogen and oxygen atoms in total. The van der Waals surface area contributed by atoms with Crippen molar-refractivity contribution in [1.82, 2.24) is 13.5 Å². The lowest BCUT2D eigenvalue weighted by atomic mass is 10.1. The highest BCUT2D eigenvalue weighted by Crippen LogP contribution is 2.19. The van der Waals surface area contributed by atoms with Crippen molar-refractivity contribution in [2.75, 3.05) is 40.3 Å². The topological polar surface area (TPSA) is 43.9 Å². The minimum absolute atomic E-state index is 0.425. The molecule has 124 valence electrons. The molecule has 6 heteroatoms. The van der Waals surface area contributed by atoms with E-state index in [1.807, 2.05) is 37.3 Å². The van der Waals surface area contributed by atoms with Gasteiger partial charge >= 0.3 is 0 Å². The van der Waals surface area contributed by atoms with Crippen LogP contribution >= 0.6 is 0 Å². The van der Waals surface area contributed by atoms with Crippen LogP contribution in [0.3, 0.4) is 0 Å². The predicted molar refractivity (Wildman–Crippen MR) is 89.7 cm³/mol. The highest BCUT2D eigenvalue weighted by Gasteiger charge is 2.29. The van der Waals surface area contributed by atoms with Gasteiger partial charge in [0.25, 0.3) is 10.2 Å². The molecule has 1 aromatic carbocycles. The molecule has 2 rings (SSSR count). The van der Waals surface area contributed by atoms with Gasteiger partial charge in [0.15, 0.2) is 0 Å². The molecule has 1 aliphatic heterocycles. The fraction of sp³-hybridized carbons (Fsp3) is 0.625. The third kappa shape index (κ3) is 4.29. The molecule has 1 saturated heterocycles. The van der Waals surface area contributed by atoms with Crippen molar-refractivity contribution in [2.24, 2.45) is 5.92 Å². The minimum Gasteiger partial charge on any atom is -0.306 e. The lowest BCUT2D eigenvalue weighted by Crippen LogP contribution is -2.43. The number of hydrogen-bond acceptors (Lipinski definition) is 3. The van der Waals surface area contributed by atoms with Gasteiger partial charge in [0.2, 0.25) is 0 Å². The predicted octanol–water partition coefficient (Wildman–Crippen LogP) is 1.64. The lowest BCUT2D eigenvalue weighted by molar-refractivity contribution is 0.325. The summed E-state index contributed by atoms with van der Waals surface area (Å²) in [6.07, 6.45) is 1.07. The van der Waals surface area contributed by atoms with Gasteiger partial charge in [-0.2, -0.15) is 17.0 Å². The van der Waals surface area contributed by atoms with Gasteiger partial charge in [0.1, 0.15) is 0 Å². The van der Waals surface area contributed by atoms with Gasteiger partial charge in [-0.3, -0.25) is 0 Å². The molecular formula is C16H27N3O2S. The molecule has 0 aromatic heterocycles. The Kier molecular flexibility index (Phi) is 5.97. The highest BCUT2D eigenvalue weighted by molar-refractivity contribution is 7.86. The van der Waals surface area contributed by atoms with E-state index in [0.29, 0.717) is 25.6 Å². The minimum atomic E-state index is -3.41. The van der Waals surface area contributed by atoms with Crippen LogP contribution in [0.2, 0.25) is 0 Å². The molecule has 0 N–H and O–H groups in total. The Morgan fingerprint density at radius 1 is 1.27 bits per heavy atom. The van der Waals surface area contributed by atoms with Crippen LogP contribution in [0.5, 0.6) is 0 Å². The highest BCUT2D eigenvalue weighted by atomic mass is 32.2. The molecule has 22 heavy (non-hydrogen) atoms. The van der Waals surface area contributed by atoms with Crippen LogP contribution in [0, 0.1) is 5.92 Å². The van der Waals surface area contributed by atoms with Crippen LogP contribution in [-0.2, 0) is 16.8 Å². The van der Waals surface area contributed by atoms with E-state index in [-0.39, 0.29) is 0 Å². The van der Waals surface area contributed by atoms with Gasteiger partial charge in [0.05, 0.1) is 0 Å². The first-order chi connectivity index (χ1) is 10.4. The number of rotatable bonds is 7. The standard InChI is InChI=1S/C16H27N3O2S/c1-4-19(14-15-8-6-5-7-9-15)22(20,21)18(3)13-16-10-11-17(2)12-16/h5-9,16H,4,10-14H2,1-3H3/t16-/m0/s1. The monoisotopic (exact) mass is 325 g/mol. The Balaban J connectivity index is 2.02. The number of nitrogens with zero attached hydrogens (tertiary/aromatic N) is 3. The van der Waals surface area contributed by atoms with E-state index >= 15 is 0 Å². The molecule has 1 fully saturated rings. The van der Waals surface area contributed by atoms with Gasteiger partial charge in [-0.25, -0.2) is 0 Å². The van der Waals surface area contributed by atoms with Crippen LogP contribution < -0.4 is 0 Å². The van der Waals surface area contributed by atoms with Crippen molar-refractivity contribution in [3.8, 4) is 0 Å². The van der Waals surface area contributed by atoms with E-state index < -0.39 is 10.2 Å². The molecule has 1 aliphatic rings. The maximum absolute atomic E-state index is 12.8. The molecule has 1 aromatic rings. The molecule has 1 atom stereocenters. The van der Waals surface area contributed by atoms with Crippen LogP contribution in [0.4, 0.5) is 0 Å². The van der Waals surface area contributed by atoms with Crippen molar-refractivity contribution in [1.29, 1.82) is 0 Å². The number of likely N-dealkylation sites (tertiary alicyclic amines) is 1. The van der Waals surface area contributed by atoms with E-state index in [4.69, 9.17) is 0 Å². The summed E-state index contributed by atoms with van der Waals surface area (Å²) in [5.41, 5.74) is 1.02. The summed E-state index contributed by atoms with van der Waals surface area (Å²) in [5, 5.41) is 0. The average molecular weight is 325 g/mol. The van der Waals surface area contributed by atoms with E-state index in [9.17, 15) is 8.42 Å². The zero-order valence-corrected chi connectivity index (χ0v) is 14.6. The van der Waals surface area contributed by atoms with Gasteiger partial charge < -0.3 is 4.90 Å². The molecule has 0 amide bonds. The Labute approximate surface area is 134 Å². The summed E-state index contributed by atoms with van der Waals surface area (Å²) in [5.74, 6) is 0.431. The maximum Gasteiger partial charge on any atom is 0.282 e. The third-order valence-corrected chi connectivity index (χ3v) is 6.26. The summed E-state index contributed by atoms with van der Waals surface area (Å²) in [4.78, 5) is 2.26. The zero-order valence-electron chi connectivity index (χ0n) is 13.8.